The van der Waals surface area contributed by atoms with E-state index in [1.54, 1.807) is 10.7 Å². The van der Waals surface area contributed by atoms with Crippen molar-refractivity contribution in [2.24, 2.45) is 5.73 Å². The molecule has 5 nitrogen and oxygen atoms in total. The van der Waals surface area contributed by atoms with Crippen LogP contribution in [0.2, 0.25) is 0 Å². The van der Waals surface area contributed by atoms with Crippen LogP contribution in [-0.2, 0) is 6.42 Å². The van der Waals surface area contributed by atoms with Crippen LogP contribution < -0.4 is 5.73 Å². The lowest BCUT2D eigenvalue weighted by Crippen LogP contribution is -2.14. The van der Waals surface area contributed by atoms with E-state index in [9.17, 15) is 4.79 Å². The second-order valence-electron chi connectivity index (χ2n) is 3.26. The van der Waals surface area contributed by atoms with E-state index < -0.39 is 0 Å². The summed E-state index contributed by atoms with van der Waals surface area (Å²) in [4.78, 5) is 15.5. The quantitative estimate of drug-likeness (QED) is 0.736. The number of rotatable bonds is 3. The number of nitrogens with zero attached hydrogens (tertiary/aromatic N) is 3. The number of hydrogen-bond acceptors (Lipinski definition) is 4. The SMILES string of the molecule is CCc1cc2ncc(C(=O)CN)cn2n1. The maximum absolute atomic E-state index is 11.3. The summed E-state index contributed by atoms with van der Waals surface area (Å²) in [6.45, 7) is 2.02. The highest BCUT2D eigenvalue weighted by Crippen LogP contribution is 2.06. The van der Waals surface area contributed by atoms with Crippen LogP contribution in [0, 0.1) is 0 Å². The van der Waals surface area contributed by atoms with Gasteiger partial charge < -0.3 is 5.73 Å². The van der Waals surface area contributed by atoms with Gasteiger partial charge in [0, 0.05) is 18.5 Å². The van der Waals surface area contributed by atoms with Crippen LogP contribution in [0.5, 0.6) is 0 Å². The van der Waals surface area contributed by atoms with Crippen LogP contribution in [-0.4, -0.2) is 26.9 Å². The van der Waals surface area contributed by atoms with Crippen molar-refractivity contribution in [3.63, 3.8) is 0 Å². The number of carbonyl (C=O) groups excluding carboxylic acids is 1. The summed E-state index contributed by atoms with van der Waals surface area (Å²) in [6, 6.07) is 1.90. The number of ketones is 1. The number of hydrogen-bond donors (Lipinski definition) is 1. The first-order chi connectivity index (χ1) is 7.24. The third kappa shape index (κ3) is 1.73. The highest BCUT2D eigenvalue weighted by atomic mass is 16.1. The normalized spacial score (nSPS) is 10.8. The summed E-state index contributed by atoms with van der Waals surface area (Å²) in [5.41, 5.74) is 7.48. The molecule has 0 bridgehead atoms. The Morgan fingerprint density at radius 3 is 3.07 bits per heavy atom. The van der Waals surface area contributed by atoms with E-state index in [4.69, 9.17) is 5.73 Å². The molecule has 0 aliphatic rings. The number of nitrogens with two attached hydrogens (primary N) is 1. The molecule has 0 atom stereocenters. The van der Waals surface area contributed by atoms with E-state index in [0.717, 1.165) is 17.8 Å². The van der Waals surface area contributed by atoms with Crippen molar-refractivity contribution in [3.8, 4) is 0 Å². The monoisotopic (exact) mass is 204 g/mol. The lowest BCUT2D eigenvalue weighted by atomic mass is 10.2. The van der Waals surface area contributed by atoms with Crippen LogP contribution in [0.4, 0.5) is 0 Å². The first-order valence-corrected chi connectivity index (χ1v) is 4.82. The van der Waals surface area contributed by atoms with Crippen LogP contribution >= 0.6 is 0 Å². The van der Waals surface area contributed by atoms with Crippen molar-refractivity contribution in [2.45, 2.75) is 13.3 Å². The Balaban J connectivity index is 2.50. The molecule has 2 N–H and O–H groups in total. The number of aryl methyl sites for hydroxylation is 1. The molecular weight excluding hydrogens is 192 g/mol. The summed E-state index contributed by atoms with van der Waals surface area (Å²) >= 11 is 0. The largest absolute Gasteiger partial charge is 0.324 e. The molecule has 2 rings (SSSR count). The molecular formula is C10H12N4O. The number of Topliss-reactive ketones (excluding diaryl/α,β-unsaturated/α-hetero) is 1. The minimum absolute atomic E-state index is 0.00487. The second kappa shape index (κ2) is 3.78. The maximum atomic E-state index is 11.3. The highest BCUT2D eigenvalue weighted by molar-refractivity contribution is 5.97. The smallest absolute Gasteiger partial charge is 0.179 e. The van der Waals surface area contributed by atoms with E-state index in [2.05, 4.69) is 10.1 Å². The molecule has 0 saturated heterocycles. The van der Waals surface area contributed by atoms with E-state index in [-0.39, 0.29) is 12.3 Å². The molecule has 78 valence electrons. The van der Waals surface area contributed by atoms with Gasteiger partial charge in [-0.05, 0) is 6.42 Å². The molecule has 0 unspecified atom stereocenters. The first-order valence-electron chi connectivity index (χ1n) is 4.82. The number of fused-ring (bicyclic) bond motifs is 1. The van der Waals surface area contributed by atoms with Crippen LogP contribution in [0.25, 0.3) is 5.65 Å². The first kappa shape index (κ1) is 9.79. The average molecular weight is 204 g/mol. The maximum Gasteiger partial charge on any atom is 0.179 e. The average Bonchev–Trinajstić information content (AvgIpc) is 2.69. The van der Waals surface area contributed by atoms with Crippen molar-refractivity contribution in [3.05, 3.63) is 29.7 Å². The van der Waals surface area contributed by atoms with Crippen LogP contribution in [0.3, 0.4) is 0 Å². The zero-order valence-corrected chi connectivity index (χ0v) is 8.47. The van der Waals surface area contributed by atoms with Gasteiger partial charge in [0.05, 0.1) is 17.8 Å². The Kier molecular flexibility index (Phi) is 2.47. The van der Waals surface area contributed by atoms with Crippen LogP contribution in [0.15, 0.2) is 18.5 Å². The Morgan fingerprint density at radius 1 is 1.60 bits per heavy atom. The second-order valence-corrected chi connectivity index (χ2v) is 3.26. The molecule has 5 heteroatoms. The minimum Gasteiger partial charge on any atom is -0.324 e. The third-order valence-corrected chi connectivity index (χ3v) is 2.23. The summed E-state index contributed by atoms with van der Waals surface area (Å²) in [7, 11) is 0. The molecule has 0 saturated carbocycles. The molecule has 15 heavy (non-hydrogen) atoms. The van der Waals surface area contributed by atoms with Gasteiger partial charge in [-0.1, -0.05) is 6.92 Å². The molecule has 0 aromatic carbocycles. The van der Waals surface area contributed by atoms with Crippen molar-refractivity contribution in [2.75, 3.05) is 6.54 Å². The third-order valence-electron chi connectivity index (χ3n) is 2.23. The van der Waals surface area contributed by atoms with E-state index >= 15 is 0 Å². The van der Waals surface area contributed by atoms with Gasteiger partial charge in [0.1, 0.15) is 0 Å². The fourth-order valence-corrected chi connectivity index (χ4v) is 1.36. The summed E-state index contributed by atoms with van der Waals surface area (Å²) < 4.78 is 1.61. The molecule has 0 fully saturated rings. The zero-order valence-electron chi connectivity index (χ0n) is 8.47. The topological polar surface area (TPSA) is 73.3 Å². The molecule has 0 aliphatic carbocycles. The van der Waals surface area contributed by atoms with Gasteiger partial charge in [0.2, 0.25) is 0 Å². The standard InChI is InChI=1S/C10H12N4O/c1-2-8-3-10-12-5-7(9(15)4-11)6-14(10)13-8/h3,5-6H,2,4,11H2,1H3. The van der Waals surface area contributed by atoms with Gasteiger partial charge in [0.15, 0.2) is 11.4 Å². The Morgan fingerprint density at radius 2 is 2.40 bits per heavy atom. The van der Waals surface area contributed by atoms with Crippen LogP contribution in [0.1, 0.15) is 23.0 Å². The van der Waals surface area contributed by atoms with Gasteiger partial charge in [0.25, 0.3) is 0 Å². The predicted molar refractivity (Wildman–Crippen MR) is 55.7 cm³/mol. The van der Waals surface area contributed by atoms with Gasteiger partial charge >= 0.3 is 0 Å². The molecule has 2 aromatic rings. The Labute approximate surface area is 86.9 Å². The number of carbonyl (C=O) groups is 1. The van der Waals surface area contributed by atoms with E-state index in [0.29, 0.717) is 5.56 Å². The molecule has 2 heterocycles. The highest BCUT2D eigenvalue weighted by Gasteiger charge is 2.06. The molecule has 0 radical (unpaired) electrons. The molecule has 0 amide bonds. The lowest BCUT2D eigenvalue weighted by Gasteiger charge is -1.97. The van der Waals surface area contributed by atoms with Gasteiger partial charge in [-0.15, -0.1) is 0 Å². The molecule has 2 aromatic heterocycles. The predicted octanol–water partition coefficient (Wildman–Crippen LogP) is 0.433. The summed E-state index contributed by atoms with van der Waals surface area (Å²) in [5, 5.41) is 4.27. The van der Waals surface area contributed by atoms with E-state index in [1.165, 1.54) is 6.20 Å². The van der Waals surface area contributed by atoms with Crippen molar-refractivity contribution in [1.82, 2.24) is 14.6 Å². The fourth-order valence-electron chi connectivity index (χ4n) is 1.36. The lowest BCUT2D eigenvalue weighted by molar-refractivity contribution is 0.100. The molecule has 0 spiro atoms. The van der Waals surface area contributed by atoms with Gasteiger partial charge in [-0.3, -0.25) is 4.79 Å². The number of aromatic nitrogens is 3. The zero-order chi connectivity index (χ0) is 10.8. The van der Waals surface area contributed by atoms with Gasteiger partial charge in [-0.25, -0.2) is 9.50 Å². The van der Waals surface area contributed by atoms with E-state index in [1.807, 2.05) is 13.0 Å². The minimum atomic E-state index is -0.127. The van der Waals surface area contributed by atoms with Crippen molar-refractivity contribution >= 4 is 11.4 Å². The Hall–Kier alpha value is -1.75. The van der Waals surface area contributed by atoms with Crippen molar-refractivity contribution in [1.29, 1.82) is 0 Å². The fraction of sp³-hybridized carbons (Fsp3) is 0.300. The van der Waals surface area contributed by atoms with Gasteiger partial charge in [-0.2, -0.15) is 5.10 Å². The molecule has 0 aliphatic heterocycles. The van der Waals surface area contributed by atoms with Crippen molar-refractivity contribution < 1.29 is 4.79 Å². The summed E-state index contributed by atoms with van der Waals surface area (Å²) in [5.74, 6) is -0.127. The Bertz CT molecular complexity index is 503. The summed E-state index contributed by atoms with van der Waals surface area (Å²) in [6.07, 6.45) is 4.05.